The molecular weight excluding hydrogens is 414 g/mol. The fourth-order valence-electron chi connectivity index (χ4n) is 4.33. The summed E-state index contributed by atoms with van der Waals surface area (Å²) < 4.78 is 10.7. The van der Waals surface area contributed by atoms with Crippen LogP contribution in [0, 0.1) is 17.8 Å². The number of allylic oxidation sites excluding steroid dienone is 2. The van der Waals surface area contributed by atoms with Crippen LogP contribution in [0.3, 0.4) is 0 Å². The molecule has 176 valence electrons. The first kappa shape index (κ1) is 24.6. The van der Waals surface area contributed by atoms with Gasteiger partial charge in [0, 0.05) is 12.5 Å². The molecule has 8 nitrogen and oxygen atoms in total. The number of aliphatic hydroxyl groups excluding tert-OH is 4. The summed E-state index contributed by atoms with van der Waals surface area (Å²) in [6.45, 7) is 3.60. The van der Waals surface area contributed by atoms with Crippen LogP contribution >= 0.6 is 0 Å². The summed E-state index contributed by atoms with van der Waals surface area (Å²) in [5.41, 5.74) is 1.13. The van der Waals surface area contributed by atoms with Crippen LogP contribution in [0.15, 0.2) is 49.1 Å². The quantitative estimate of drug-likeness (QED) is 0.275. The van der Waals surface area contributed by atoms with Gasteiger partial charge in [-0.2, -0.15) is 0 Å². The van der Waals surface area contributed by atoms with Crippen molar-refractivity contribution in [3.63, 3.8) is 0 Å². The van der Waals surface area contributed by atoms with Gasteiger partial charge >= 0.3 is 0 Å². The SMILES string of the molecule is C=CC1CC(/C=C/c2ccccc2)CC1C(=O)NCCOC1OC(CO)C(O)C(O)C1O. The van der Waals surface area contributed by atoms with Gasteiger partial charge in [-0.05, 0) is 30.2 Å². The first-order valence-electron chi connectivity index (χ1n) is 11.0. The van der Waals surface area contributed by atoms with E-state index in [0.29, 0.717) is 5.92 Å². The normalized spacial score (nSPS) is 35.1. The minimum atomic E-state index is -1.49. The van der Waals surface area contributed by atoms with Gasteiger partial charge in [-0.3, -0.25) is 4.79 Å². The third kappa shape index (κ3) is 6.04. The third-order valence-corrected chi connectivity index (χ3v) is 6.18. The standard InChI is InChI=1S/C24H33NO7/c1-2-17-12-16(9-8-15-6-4-3-5-7-15)13-18(17)23(30)25-10-11-31-24-22(29)21(28)20(27)19(14-26)32-24/h2-9,16-22,24,26-29H,1,10-14H2,(H,25,30)/b9-8+. The summed E-state index contributed by atoms with van der Waals surface area (Å²) in [7, 11) is 0. The van der Waals surface area contributed by atoms with Gasteiger partial charge in [0.2, 0.25) is 5.91 Å². The van der Waals surface area contributed by atoms with Crippen molar-refractivity contribution >= 4 is 12.0 Å². The maximum Gasteiger partial charge on any atom is 0.223 e. The maximum atomic E-state index is 12.7. The molecule has 1 heterocycles. The Kier molecular flexibility index (Phi) is 8.98. The van der Waals surface area contributed by atoms with E-state index in [2.05, 4.69) is 24.0 Å². The van der Waals surface area contributed by atoms with Crippen LogP contribution in [0.5, 0.6) is 0 Å². The third-order valence-electron chi connectivity index (χ3n) is 6.18. The number of hydrogen-bond donors (Lipinski definition) is 5. The molecule has 0 aromatic heterocycles. The number of amides is 1. The Hall–Kier alpha value is -2.07. The predicted molar refractivity (Wildman–Crippen MR) is 118 cm³/mol. The zero-order valence-corrected chi connectivity index (χ0v) is 18.0. The molecule has 8 unspecified atom stereocenters. The van der Waals surface area contributed by atoms with Gasteiger partial charge in [0.05, 0.1) is 13.2 Å². The van der Waals surface area contributed by atoms with Gasteiger partial charge in [-0.1, -0.05) is 48.6 Å². The molecule has 8 atom stereocenters. The number of carbonyl (C=O) groups is 1. The van der Waals surface area contributed by atoms with Crippen molar-refractivity contribution in [3.05, 3.63) is 54.6 Å². The van der Waals surface area contributed by atoms with Crippen LogP contribution < -0.4 is 5.32 Å². The highest BCUT2D eigenvalue weighted by Crippen LogP contribution is 2.38. The summed E-state index contributed by atoms with van der Waals surface area (Å²) in [5.74, 6) is 0.124. The van der Waals surface area contributed by atoms with Crippen molar-refractivity contribution in [1.29, 1.82) is 0 Å². The molecule has 1 aliphatic carbocycles. The van der Waals surface area contributed by atoms with Gasteiger partial charge in [0.1, 0.15) is 24.4 Å². The minimum Gasteiger partial charge on any atom is -0.394 e. The zero-order valence-electron chi connectivity index (χ0n) is 18.0. The van der Waals surface area contributed by atoms with Crippen LogP contribution in [0.2, 0.25) is 0 Å². The molecule has 32 heavy (non-hydrogen) atoms. The Morgan fingerprint density at radius 1 is 1.16 bits per heavy atom. The second-order valence-electron chi connectivity index (χ2n) is 8.37. The maximum absolute atomic E-state index is 12.7. The lowest BCUT2D eigenvalue weighted by Gasteiger charge is -2.39. The summed E-state index contributed by atoms with van der Waals surface area (Å²) in [5, 5.41) is 41.6. The molecule has 1 aromatic rings. The Morgan fingerprint density at radius 3 is 2.59 bits per heavy atom. The van der Waals surface area contributed by atoms with Gasteiger partial charge in [0.15, 0.2) is 6.29 Å². The Bertz CT molecular complexity index is 769. The molecule has 2 fully saturated rings. The molecule has 1 aliphatic heterocycles. The van der Waals surface area contributed by atoms with E-state index in [0.717, 1.165) is 18.4 Å². The van der Waals surface area contributed by atoms with Crippen molar-refractivity contribution in [1.82, 2.24) is 5.32 Å². The van der Waals surface area contributed by atoms with Crippen LogP contribution in [-0.4, -0.2) is 76.8 Å². The zero-order chi connectivity index (χ0) is 23.1. The highest BCUT2D eigenvalue weighted by Gasteiger charge is 2.44. The van der Waals surface area contributed by atoms with Crippen molar-refractivity contribution in [2.24, 2.45) is 17.8 Å². The van der Waals surface area contributed by atoms with E-state index in [9.17, 15) is 25.2 Å². The summed E-state index contributed by atoms with van der Waals surface area (Å²) >= 11 is 0. The van der Waals surface area contributed by atoms with E-state index in [1.165, 1.54) is 0 Å². The molecular formula is C24H33NO7. The van der Waals surface area contributed by atoms with Crippen molar-refractivity contribution < 1.29 is 34.7 Å². The van der Waals surface area contributed by atoms with E-state index in [1.807, 2.05) is 36.4 Å². The van der Waals surface area contributed by atoms with Crippen molar-refractivity contribution in [2.75, 3.05) is 19.8 Å². The molecule has 0 spiro atoms. The van der Waals surface area contributed by atoms with E-state index < -0.39 is 37.3 Å². The largest absolute Gasteiger partial charge is 0.394 e. The van der Waals surface area contributed by atoms with Gasteiger partial charge in [-0.25, -0.2) is 0 Å². The van der Waals surface area contributed by atoms with Crippen LogP contribution in [0.4, 0.5) is 0 Å². The molecule has 0 bridgehead atoms. The average molecular weight is 448 g/mol. The first-order valence-corrected chi connectivity index (χ1v) is 11.0. The molecule has 3 rings (SSSR count). The Labute approximate surface area is 188 Å². The molecule has 1 saturated carbocycles. The molecule has 1 aromatic carbocycles. The predicted octanol–water partition coefficient (Wildman–Crippen LogP) is 0.461. The molecule has 1 amide bonds. The number of nitrogens with one attached hydrogen (secondary N) is 1. The molecule has 5 N–H and O–H groups in total. The Balaban J connectivity index is 1.45. The van der Waals surface area contributed by atoms with Crippen molar-refractivity contribution in [3.8, 4) is 0 Å². The molecule has 2 aliphatic rings. The lowest BCUT2D eigenvalue weighted by molar-refractivity contribution is -0.300. The average Bonchev–Trinajstić information content (AvgIpc) is 3.24. The van der Waals surface area contributed by atoms with E-state index >= 15 is 0 Å². The summed E-state index contributed by atoms with van der Waals surface area (Å²) in [6, 6.07) is 10.0. The fraction of sp³-hybridized carbons (Fsp3) is 0.542. The van der Waals surface area contributed by atoms with Crippen LogP contribution in [-0.2, 0) is 14.3 Å². The lowest BCUT2D eigenvalue weighted by Crippen LogP contribution is -2.59. The summed E-state index contributed by atoms with van der Waals surface area (Å²) in [4.78, 5) is 12.7. The number of ether oxygens (including phenoxy) is 2. The number of aliphatic hydroxyl groups is 4. The van der Waals surface area contributed by atoms with E-state index in [-0.39, 0.29) is 30.9 Å². The lowest BCUT2D eigenvalue weighted by atomic mass is 9.95. The fourth-order valence-corrected chi connectivity index (χ4v) is 4.33. The first-order chi connectivity index (χ1) is 15.4. The summed E-state index contributed by atoms with van der Waals surface area (Å²) in [6.07, 6.45) is 1.06. The van der Waals surface area contributed by atoms with Crippen molar-refractivity contribution in [2.45, 2.75) is 43.5 Å². The van der Waals surface area contributed by atoms with Crippen LogP contribution in [0.25, 0.3) is 6.08 Å². The minimum absolute atomic E-state index is 0.0389. The van der Waals surface area contributed by atoms with E-state index in [4.69, 9.17) is 9.47 Å². The second-order valence-corrected chi connectivity index (χ2v) is 8.37. The Morgan fingerprint density at radius 2 is 1.91 bits per heavy atom. The monoisotopic (exact) mass is 447 g/mol. The second kappa shape index (κ2) is 11.7. The smallest absolute Gasteiger partial charge is 0.223 e. The topological polar surface area (TPSA) is 128 Å². The highest BCUT2D eigenvalue weighted by atomic mass is 16.7. The molecule has 8 heteroatoms. The van der Waals surface area contributed by atoms with Gasteiger partial charge < -0.3 is 35.2 Å². The van der Waals surface area contributed by atoms with Gasteiger partial charge in [-0.15, -0.1) is 6.58 Å². The number of carbonyl (C=O) groups excluding carboxylic acids is 1. The van der Waals surface area contributed by atoms with Crippen LogP contribution in [0.1, 0.15) is 18.4 Å². The molecule has 0 radical (unpaired) electrons. The number of hydrogen-bond acceptors (Lipinski definition) is 7. The van der Waals surface area contributed by atoms with Gasteiger partial charge in [0.25, 0.3) is 0 Å². The highest BCUT2D eigenvalue weighted by molar-refractivity contribution is 5.79. The number of rotatable bonds is 9. The number of benzene rings is 1. The van der Waals surface area contributed by atoms with E-state index in [1.54, 1.807) is 0 Å². The molecule has 1 saturated heterocycles.